The Labute approximate surface area is 186 Å². The minimum absolute atomic E-state index is 0.124. The molecule has 0 saturated carbocycles. The molecule has 0 saturated heterocycles. The fraction of sp³-hybridized carbons (Fsp3) is 0.0800. The summed E-state index contributed by atoms with van der Waals surface area (Å²) in [6.07, 6.45) is 0. The van der Waals surface area contributed by atoms with Gasteiger partial charge in [-0.1, -0.05) is 42.5 Å². The summed E-state index contributed by atoms with van der Waals surface area (Å²) in [7, 11) is -2.29. The standard InChI is InChI=1S/C25H22N2O4S/c1-17-7-3-4-8-20(17)25(28)26-23-15-16-24(22-10-6-5-9-21(22)23)27-32(29,30)19-13-11-18(31-2)12-14-19/h3-16,27H,1-2H3,(H,26,28). The number of anilines is 2. The smallest absolute Gasteiger partial charge is 0.261 e. The maximum absolute atomic E-state index is 12.9. The van der Waals surface area contributed by atoms with Gasteiger partial charge in [0.2, 0.25) is 0 Å². The molecule has 4 rings (SSSR count). The molecule has 0 unspecified atom stereocenters. The van der Waals surface area contributed by atoms with Gasteiger partial charge in [-0.05, 0) is 55.0 Å². The van der Waals surface area contributed by atoms with E-state index in [0.29, 0.717) is 28.1 Å². The lowest BCUT2D eigenvalue weighted by Crippen LogP contribution is -2.15. The third-order valence-corrected chi connectivity index (χ3v) is 6.56. The number of hydrogen-bond acceptors (Lipinski definition) is 4. The van der Waals surface area contributed by atoms with Gasteiger partial charge in [0.25, 0.3) is 15.9 Å². The lowest BCUT2D eigenvalue weighted by molar-refractivity contribution is 0.102. The number of carbonyl (C=O) groups is 1. The van der Waals surface area contributed by atoms with E-state index in [4.69, 9.17) is 4.74 Å². The fourth-order valence-corrected chi connectivity index (χ4v) is 4.55. The Balaban J connectivity index is 1.67. The van der Waals surface area contributed by atoms with Crippen LogP contribution in [0.1, 0.15) is 15.9 Å². The van der Waals surface area contributed by atoms with E-state index in [-0.39, 0.29) is 10.8 Å². The van der Waals surface area contributed by atoms with Gasteiger partial charge in [0.05, 0.1) is 17.7 Å². The summed E-state index contributed by atoms with van der Waals surface area (Å²) in [5.41, 5.74) is 2.48. The second-order valence-electron chi connectivity index (χ2n) is 7.26. The van der Waals surface area contributed by atoms with Crippen molar-refractivity contribution in [3.63, 3.8) is 0 Å². The molecule has 32 heavy (non-hydrogen) atoms. The maximum atomic E-state index is 12.9. The Morgan fingerprint density at radius 3 is 2.03 bits per heavy atom. The van der Waals surface area contributed by atoms with E-state index >= 15 is 0 Å². The number of ether oxygens (including phenoxy) is 1. The number of carbonyl (C=O) groups excluding carboxylic acids is 1. The number of nitrogens with one attached hydrogen (secondary N) is 2. The largest absolute Gasteiger partial charge is 0.497 e. The van der Waals surface area contributed by atoms with Gasteiger partial charge < -0.3 is 10.1 Å². The van der Waals surface area contributed by atoms with E-state index in [0.717, 1.165) is 10.9 Å². The summed E-state index contributed by atoms with van der Waals surface area (Å²) in [6, 6.07) is 24.2. The molecular formula is C25H22N2O4S. The van der Waals surface area contributed by atoms with Gasteiger partial charge in [0.15, 0.2) is 0 Å². The molecule has 0 aromatic heterocycles. The molecule has 0 aliphatic rings. The van der Waals surface area contributed by atoms with Crippen molar-refractivity contribution in [2.75, 3.05) is 17.1 Å². The summed E-state index contributed by atoms with van der Waals surface area (Å²) < 4.78 is 33.6. The quantitative estimate of drug-likeness (QED) is 0.426. The Bertz CT molecular complexity index is 1400. The molecule has 0 radical (unpaired) electrons. The number of methoxy groups -OCH3 is 1. The normalized spacial score (nSPS) is 11.2. The van der Waals surface area contributed by atoms with Crippen molar-refractivity contribution < 1.29 is 17.9 Å². The van der Waals surface area contributed by atoms with Crippen LogP contribution in [0.3, 0.4) is 0 Å². The van der Waals surface area contributed by atoms with Crippen LogP contribution in [0.4, 0.5) is 11.4 Å². The molecular weight excluding hydrogens is 424 g/mol. The molecule has 7 heteroatoms. The third kappa shape index (κ3) is 4.29. The highest BCUT2D eigenvalue weighted by atomic mass is 32.2. The molecule has 6 nitrogen and oxygen atoms in total. The van der Waals surface area contributed by atoms with Crippen molar-refractivity contribution in [3.05, 3.63) is 96.1 Å². The first-order valence-electron chi connectivity index (χ1n) is 9.94. The zero-order valence-electron chi connectivity index (χ0n) is 17.6. The van der Waals surface area contributed by atoms with E-state index in [2.05, 4.69) is 10.0 Å². The van der Waals surface area contributed by atoms with Gasteiger partial charge in [0.1, 0.15) is 5.75 Å². The zero-order chi connectivity index (χ0) is 22.7. The Hall–Kier alpha value is -3.84. The van der Waals surface area contributed by atoms with Crippen LogP contribution in [-0.2, 0) is 10.0 Å². The number of hydrogen-bond donors (Lipinski definition) is 2. The number of aryl methyl sites for hydroxylation is 1. The van der Waals surface area contributed by atoms with Crippen molar-refractivity contribution in [1.82, 2.24) is 0 Å². The fourth-order valence-electron chi connectivity index (χ4n) is 3.47. The van der Waals surface area contributed by atoms with Gasteiger partial charge in [-0.25, -0.2) is 8.42 Å². The van der Waals surface area contributed by atoms with Crippen LogP contribution in [0.5, 0.6) is 5.75 Å². The predicted molar refractivity (Wildman–Crippen MR) is 127 cm³/mol. The van der Waals surface area contributed by atoms with Gasteiger partial charge in [-0.3, -0.25) is 9.52 Å². The van der Waals surface area contributed by atoms with Crippen molar-refractivity contribution >= 4 is 38.1 Å². The number of benzene rings is 4. The Morgan fingerprint density at radius 1 is 0.781 bits per heavy atom. The van der Waals surface area contributed by atoms with Gasteiger partial charge in [-0.15, -0.1) is 0 Å². The molecule has 0 atom stereocenters. The molecule has 4 aromatic carbocycles. The summed E-state index contributed by atoms with van der Waals surface area (Å²) in [4.78, 5) is 12.9. The number of amides is 1. The second kappa shape index (κ2) is 8.72. The van der Waals surface area contributed by atoms with E-state index in [9.17, 15) is 13.2 Å². The first kappa shape index (κ1) is 21.4. The lowest BCUT2D eigenvalue weighted by Gasteiger charge is -2.15. The summed E-state index contributed by atoms with van der Waals surface area (Å²) >= 11 is 0. The zero-order valence-corrected chi connectivity index (χ0v) is 18.4. The van der Waals surface area contributed by atoms with Crippen LogP contribution >= 0.6 is 0 Å². The highest BCUT2D eigenvalue weighted by molar-refractivity contribution is 7.92. The van der Waals surface area contributed by atoms with Crippen LogP contribution in [-0.4, -0.2) is 21.4 Å². The van der Waals surface area contributed by atoms with Crippen molar-refractivity contribution in [2.45, 2.75) is 11.8 Å². The van der Waals surface area contributed by atoms with Crippen LogP contribution in [0.2, 0.25) is 0 Å². The first-order chi connectivity index (χ1) is 15.4. The van der Waals surface area contributed by atoms with Crippen LogP contribution in [0.25, 0.3) is 10.8 Å². The molecule has 0 heterocycles. The monoisotopic (exact) mass is 446 g/mol. The minimum Gasteiger partial charge on any atom is -0.497 e. The van der Waals surface area contributed by atoms with E-state index in [1.165, 1.54) is 19.2 Å². The van der Waals surface area contributed by atoms with Crippen molar-refractivity contribution in [1.29, 1.82) is 0 Å². The maximum Gasteiger partial charge on any atom is 0.261 e. The first-order valence-corrected chi connectivity index (χ1v) is 11.4. The third-order valence-electron chi connectivity index (χ3n) is 5.18. The molecule has 0 fully saturated rings. The van der Waals surface area contributed by atoms with Crippen molar-refractivity contribution in [3.8, 4) is 5.75 Å². The number of fused-ring (bicyclic) bond motifs is 1. The minimum atomic E-state index is -3.81. The number of sulfonamides is 1. The number of rotatable bonds is 6. The molecule has 4 aromatic rings. The Morgan fingerprint density at radius 2 is 1.38 bits per heavy atom. The van der Waals surface area contributed by atoms with E-state index in [1.807, 2.05) is 49.4 Å². The summed E-state index contributed by atoms with van der Waals surface area (Å²) in [5, 5.41) is 4.35. The van der Waals surface area contributed by atoms with E-state index < -0.39 is 10.0 Å². The van der Waals surface area contributed by atoms with Gasteiger partial charge in [0, 0.05) is 22.0 Å². The highest BCUT2D eigenvalue weighted by Gasteiger charge is 2.17. The molecule has 0 spiro atoms. The average molecular weight is 447 g/mol. The molecule has 0 aliphatic carbocycles. The summed E-state index contributed by atoms with van der Waals surface area (Å²) in [5.74, 6) is 0.350. The lowest BCUT2D eigenvalue weighted by atomic mass is 10.1. The van der Waals surface area contributed by atoms with Crippen LogP contribution < -0.4 is 14.8 Å². The summed E-state index contributed by atoms with van der Waals surface area (Å²) in [6.45, 7) is 1.88. The van der Waals surface area contributed by atoms with Crippen LogP contribution in [0, 0.1) is 6.92 Å². The predicted octanol–water partition coefficient (Wildman–Crippen LogP) is 5.21. The average Bonchev–Trinajstić information content (AvgIpc) is 2.81. The van der Waals surface area contributed by atoms with Gasteiger partial charge >= 0.3 is 0 Å². The van der Waals surface area contributed by atoms with Gasteiger partial charge in [-0.2, -0.15) is 0 Å². The molecule has 2 N–H and O–H groups in total. The van der Waals surface area contributed by atoms with Crippen LogP contribution in [0.15, 0.2) is 89.8 Å². The second-order valence-corrected chi connectivity index (χ2v) is 8.94. The molecule has 0 bridgehead atoms. The van der Waals surface area contributed by atoms with E-state index in [1.54, 1.807) is 30.3 Å². The molecule has 1 amide bonds. The SMILES string of the molecule is COc1ccc(S(=O)(=O)Nc2ccc(NC(=O)c3ccccc3C)c3ccccc23)cc1. The molecule has 162 valence electrons. The van der Waals surface area contributed by atoms with Crippen molar-refractivity contribution in [2.24, 2.45) is 0 Å². The highest BCUT2D eigenvalue weighted by Crippen LogP contribution is 2.32. The Kier molecular flexibility index (Phi) is 5.83. The topological polar surface area (TPSA) is 84.5 Å². The molecule has 0 aliphatic heterocycles.